The molecule has 0 amide bonds. The van der Waals surface area contributed by atoms with Crippen LogP contribution in [0.5, 0.6) is 5.75 Å². The molecule has 1 aromatic carbocycles. The monoisotopic (exact) mass is 258 g/mol. The zero-order valence-electron chi connectivity index (χ0n) is 10.8. The summed E-state index contributed by atoms with van der Waals surface area (Å²) in [5, 5.41) is 0.853. The molecule has 0 saturated carbocycles. The summed E-state index contributed by atoms with van der Waals surface area (Å²) < 4.78 is 16.1. The summed E-state index contributed by atoms with van der Waals surface area (Å²) in [5.74, 6) is 0.663. The van der Waals surface area contributed by atoms with Gasteiger partial charge in [0.15, 0.2) is 0 Å². The normalized spacial score (nSPS) is 21.4. The molecule has 3 rings (SSSR count). The highest BCUT2D eigenvalue weighted by Crippen LogP contribution is 2.46. The average Bonchev–Trinajstić information content (AvgIpc) is 3.17. The van der Waals surface area contributed by atoms with Crippen LogP contribution < -0.4 is 10.4 Å². The first-order valence-corrected chi connectivity index (χ1v) is 6.03. The molecule has 0 spiro atoms. The maximum Gasteiger partial charge on any atom is 0.336 e. The third kappa shape index (κ3) is 2.04. The third-order valence-corrected chi connectivity index (χ3v) is 3.26. The van der Waals surface area contributed by atoms with Gasteiger partial charge in [-0.15, -0.1) is 0 Å². The minimum Gasteiger partial charge on any atom is -0.496 e. The van der Waals surface area contributed by atoms with Crippen molar-refractivity contribution in [1.29, 1.82) is 0 Å². The minimum atomic E-state index is -0.371. The molecule has 1 fully saturated rings. The van der Waals surface area contributed by atoms with E-state index in [4.69, 9.17) is 13.9 Å². The summed E-state index contributed by atoms with van der Waals surface area (Å²) >= 11 is 0. The van der Waals surface area contributed by atoms with Crippen LogP contribution in [0.2, 0.25) is 0 Å². The average molecular weight is 258 g/mol. The lowest BCUT2D eigenvalue weighted by Crippen LogP contribution is -1.98. The summed E-state index contributed by atoms with van der Waals surface area (Å²) in [5.41, 5.74) is 2.09. The lowest BCUT2D eigenvalue weighted by Gasteiger charge is -2.07. The number of methoxy groups -OCH3 is 1. The van der Waals surface area contributed by atoms with E-state index in [1.54, 1.807) is 19.2 Å². The zero-order valence-corrected chi connectivity index (χ0v) is 10.8. The van der Waals surface area contributed by atoms with Gasteiger partial charge >= 0.3 is 5.63 Å². The summed E-state index contributed by atoms with van der Waals surface area (Å²) in [6.45, 7) is 5.84. The van der Waals surface area contributed by atoms with E-state index < -0.39 is 0 Å². The fourth-order valence-corrected chi connectivity index (χ4v) is 2.24. The maximum atomic E-state index is 11.2. The van der Waals surface area contributed by atoms with Gasteiger partial charge in [-0.2, -0.15) is 0 Å². The third-order valence-electron chi connectivity index (χ3n) is 3.26. The standard InChI is InChI=1S/C15H14O4/c1-8(2)14-15(19-14)10-6-9-4-5-13(16)18-11(9)7-12(10)17-3/h4-7,14-15H,1H2,2-3H3/t14-,15+/m1/s1. The van der Waals surface area contributed by atoms with E-state index in [1.807, 2.05) is 13.0 Å². The van der Waals surface area contributed by atoms with E-state index in [2.05, 4.69) is 6.58 Å². The van der Waals surface area contributed by atoms with Crippen molar-refractivity contribution in [2.75, 3.05) is 7.11 Å². The molecule has 98 valence electrons. The van der Waals surface area contributed by atoms with Crippen LogP contribution in [-0.2, 0) is 4.74 Å². The number of hydrogen-bond donors (Lipinski definition) is 0. The van der Waals surface area contributed by atoms with E-state index in [9.17, 15) is 4.79 Å². The largest absolute Gasteiger partial charge is 0.496 e. The molecular formula is C15H14O4. The van der Waals surface area contributed by atoms with Gasteiger partial charge < -0.3 is 13.9 Å². The Morgan fingerprint density at radius 2 is 2.16 bits per heavy atom. The van der Waals surface area contributed by atoms with Gasteiger partial charge in [0.05, 0.1) is 7.11 Å². The van der Waals surface area contributed by atoms with E-state index in [0.717, 1.165) is 16.5 Å². The van der Waals surface area contributed by atoms with Crippen LogP contribution in [0.25, 0.3) is 11.0 Å². The number of ether oxygens (including phenoxy) is 2. The Kier molecular flexibility index (Phi) is 2.68. The number of rotatable bonds is 3. The minimum absolute atomic E-state index is 0.0243. The van der Waals surface area contributed by atoms with Gasteiger partial charge in [-0.05, 0) is 24.6 Å². The molecular weight excluding hydrogens is 244 g/mol. The first kappa shape index (κ1) is 12.0. The quantitative estimate of drug-likeness (QED) is 0.482. The first-order valence-electron chi connectivity index (χ1n) is 6.03. The van der Waals surface area contributed by atoms with Crippen molar-refractivity contribution >= 4 is 11.0 Å². The van der Waals surface area contributed by atoms with Gasteiger partial charge in [-0.1, -0.05) is 6.58 Å². The highest BCUT2D eigenvalue weighted by molar-refractivity contribution is 5.79. The molecule has 2 aromatic rings. The molecule has 0 aliphatic carbocycles. The van der Waals surface area contributed by atoms with E-state index in [0.29, 0.717) is 11.3 Å². The molecule has 2 atom stereocenters. The Bertz CT molecular complexity index is 714. The molecule has 2 heterocycles. The van der Waals surface area contributed by atoms with Gasteiger partial charge in [-0.25, -0.2) is 4.79 Å². The Balaban J connectivity index is 2.11. The fraction of sp³-hybridized carbons (Fsp3) is 0.267. The molecule has 4 heteroatoms. The molecule has 0 bridgehead atoms. The molecule has 0 unspecified atom stereocenters. The molecule has 1 aliphatic heterocycles. The molecule has 0 radical (unpaired) electrons. The van der Waals surface area contributed by atoms with Crippen LogP contribution in [0.1, 0.15) is 18.6 Å². The fourth-order valence-electron chi connectivity index (χ4n) is 2.24. The summed E-state index contributed by atoms with van der Waals surface area (Å²) in [7, 11) is 1.59. The number of hydrogen-bond acceptors (Lipinski definition) is 4. The van der Waals surface area contributed by atoms with Crippen LogP contribution in [0.4, 0.5) is 0 Å². The number of epoxide rings is 1. The smallest absolute Gasteiger partial charge is 0.336 e. The van der Waals surface area contributed by atoms with Gasteiger partial charge in [-0.3, -0.25) is 0 Å². The Hall–Kier alpha value is -2.07. The van der Waals surface area contributed by atoms with Crippen LogP contribution >= 0.6 is 0 Å². The number of fused-ring (bicyclic) bond motifs is 1. The molecule has 4 nitrogen and oxygen atoms in total. The van der Waals surface area contributed by atoms with Crippen LogP contribution in [0.3, 0.4) is 0 Å². The lowest BCUT2D eigenvalue weighted by molar-refractivity contribution is 0.371. The summed E-state index contributed by atoms with van der Waals surface area (Å²) in [4.78, 5) is 11.2. The Morgan fingerprint density at radius 3 is 2.79 bits per heavy atom. The van der Waals surface area contributed by atoms with E-state index in [1.165, 1.54) is 6.07 Å². The van der Waals surface area contributed by atoms with Gasteiger partial charge in [0, 0.05) is 23.1 Å². The van der Waals surface area contributed by atoms with Gasteiger partial charge in [0.25, 0.3) is 0 Å². The second kappa shape index (κ2) is 4.24. The summed E-state index contributed by atoms with van der Waals surface area (Å²) in [6.07, 6.45) is 0.0193. The van der Waals surface area contributed by atoms with E-state index in [-0.39, 0.29) is 17.8 Å². The van der Waals surface area contributed by atoms with Crippen molar-refractivity contribution in [1.82, 2.24) is 0 Å². The SMILES string of the molecule is C=C(C)[C@H]1O[C@H]1c1cc2ccc(=O)oc2cc1OC. The molecule has 1 aliphatic rings. The van der Waals surface area contributed by atoms with Crippen molar-refractivity contribution in [3.8, 4) is 5.75 Å². The summed E-state index contributed by atoms with van der Waals surface area (Å²) in [6, 6.07) is 6.80. The Morgan fingerprint density at radius 1 is 1.37 bits per heavy atom. The maximum absolute atomic E-state index is 11.2. The zero-order chi connectivity index (χ0) is 13.6. The van der Waals surface area contributed by atoms with Crippen LogP contribution in [0.15, 0.2) is 45.6 Å². The lowest BCUT2D eigenvalue weighted by atomic mass is 10.0. The van der Waals surface area contributed by atoms with Crippen LogP contribution in [-0.4, -0.2) is 13.2 Å². The van der Waals surface area contributed by atoms with Crippen molar-refractivity contribution in [3.63, 3.8) is 0 Å². The van der Waals surface area contributed by atoms with Crippen molar-refractivity contribution in [2.45, 2.75) is 19.1 Å². The highest BCUT2D eigenvalue weighted by atomic mass is 16.6. The van der Waals surface area contributed by atoms with Gasteiger partial charge in [0.1, 0.15) is 23.5 Å². The highest BCUT2D eigenvalue weighted by Gasteiger charge is 2.42. The predicted octanol–water partition coefficient (Wildman–Crippen LogP) is 2.82. The molecule has 1 aromatic heterocycles. The Labute approximate surface area is 110 Å². The second-order valence-electron chi connectivity index (χ2n) is 4.71. The second-order valence-corrected chi connectivity index (χ2v) is 4.71. The number of benzene rings is 1. The van der Waals surface area contributed by atoms with E-state index >= 15 is 0 Å². The molecule has 1 saturated heterocycles. The van der Waals surface area contributed by atoms with Crippen LogP contribution in [0, 0.1) is 0 Å². The van der Waals surface area contributed by atoms with Gasteiger partial charge in [0.2, 0.25) is 0 Å². The predicted molar refractivity (Wildman–Crippen MR) is 71.5 cm³/mol. The molecule has 19 heavy (non-hydrogen) atoms. The molecule has 0 N–H and O–H groups in total. The van der Waals surface area contributed by atoms with Crippen molar-refractivity contribution in [2.24, 2.45) is 0 Å². The van der Waals surface area contributed by atoms with Crippen molar-refractivity contribution in [3.05, 3.63) is 52.4 Å². The first-order chi connectivity index (χ1) is 9.10. The van der Waals surface area contributed by atoms with Crippen molar-refractivity contribution < 1.29 is 13.9 Å². The topological polar surface area (TPSA) is 52.0 Å².